The third kappa shape index (κ3) is 1.94. The molecule has 0 amide bonds. The van der Waals surface area contributed by atoms with Gasteiger partial charge in [-0.1, -0.05) is 67.6 Å². The second kappa shape index (κ2) is 5.33. The zero-order valence-corrected chi connectivity index (χ0v) is 11.6. The molecular weight excluding hydrogens is 244 g/mol. The molecule has 0 aliphatic rings. The monoisotopic (exact) mass is 262 g/mol. The topological polar surface area (TPSA) is 17.8 Å². The van der Waals surface area contributed by atoms with Crippen LogP contribution in [0.25, 0.3) is 0 Å². The molecule has 0 bridgehead atoms. The fraction of sp³-hybridized carbons (Fsp3) is 0.167. The summed E-state index contributed by atoms with van der Waals surface area (Å²) in [6, 6.07) is 21.3. The van der Waals surface area contributed by atoms with Crippen molar-refractivity contribution in [3.63, 3.8) is 0 Å². The summed E-state index contributed by atoms with van der Waals surface area (Å²) in [7, 11) is 0. The normalized spacial score (nSPS) is 11.4. The molecule has 0 N–H and O–H groups in total. The molecule has 1 aromatic heterocycles. The molecule has 0 fully saturated rings. The first kappa shape index (κ1) is 12.7. The van der Waals surface area contributed by atoms with E-state index in [0.717, 1.165) is 6.42 Å². The molecule has 3 rings (SSSR count). The molecule has 0 spiro atoms. The van der Waals surface area contributed by atoms with E-state index in [0.29, 0.717) is 0 Å². The Morgan fingerprint density at radius 1 is 0.900 bits per heavy atom. The Bertz CT molecular complexity index is 603. The van der Waals surface area contributed by atoms with E-state index in [2.05, 4.69) is 77.1 Å². The highest BCUT2D eigenvalue weighted by Crippen LogP contribution is 2.36. The van der Waals surface area contributed by atoms with Crippen LogP contribution in [0.1, 0.15) is 24.5 Å². The van der Waals surface area contributed by atoms with Crippen LogP contribution in [-0.4, -0.2) is 9.55 Å². The first-order chi connectivity index (χ1) is 9.88. The highest BCUT2D eigenvalue weighted by atomic mass is 15.1. The molecule has 0 saturated heterocycles. The Morgan fingerprint density at radius 2 is 1.45 bits per heavy atom. The minimum Gasteiger partial charge on any atom is -0.323 e. The predicted molar refractivity (Wildman–Crippen MR) is 81.6 cm³/mol. The second-order valence-corrected chi connectivity index (χ2v) is 4.92. The average molecular weight is 262 g/mol. The van der Waals surface area contributed by atoms with Crippen LogP contribution < -0.4 is 0 Å². The van der Waals surface area contributed by atoms with Crippen LogP contribution in [-0.2, 0) is 5.54 Å². The van der Waals surface area contributed by atoms with Crippen LogP contribution >= 0.6 is 0 Å². The lowest BCUT2D eigenvalue weighted by molar-refractivity contribution is 0.415. The lowest BCUT2D eigenvalue weighted by Gasteiger charge is -2.35. The van der Waals surface area contributed by atoms with Gasteiger partial charge in [0, 0.05) is 12.4 Å². The van der Waals surface area contributed by atoms with E-state index in [9.17, 15) is 0 Å². The van der Waals surface area contributed by atoms with Crippen molar-refractivity contribution < 1.29 is 0 Å². The Kier molecular flexibility index (Phi) is 3.38. The quantitative estimate of drug-likeness (QED) is 0.692. The molecule has 0 aliphatic carbocycles. The fourth-order valence-electron chi connectivity index (χ4n) is 2.97. The SMILES string of the molecule is CCC(c1ccccc1)(c1ccccc1)n1ccnc1. The molecule has 1 heterocycles. The van der Waals surface area contributed by atoms with Crippen molar-refractivity contribution >= 4 is 0 Å². The summed E-state index contributed by atoms with van der Waals surface area (Å²) >= 11 is 0. The van der Waals surface area contributed by atoms with E-state index in [1.54, 1.807) is 0 Å². The molecule has 3 aromatic rings. The Hall–Kier alpha value is -2.35. The van der Waals surface area contributed by atoms with E-state index in [1.807, 2.05) is 18.7 Å². The molecule has 20 heavy (non-hydrogen) atoms. The van der Waals surface area contributed by atoms with Crippen molar-refractivity contribution in [3.8, 4) is 0 Å². The maximum atomic E-state index is 4.25. The summed E-state index contributed by atoms with van der Waals surface area (Å²) in [5, 5.41) is 0. The second-order valence-electron chi connectivity index (χ2n) is 4.92. The molecular formula is C18H18N2. The minimum atomic E-state index is -0.195. The fourth-order valence-corrected chi connectivity index (χ4v) is 2.97. The zero-order chi connectivity index (χ0) is 13.8. The molecule has 2 heteroatoms. The maximum Gasteiger partial charge on any atom is 0.0956 e. The highest BCUT2D eigenvalue weighted by Gasteiger charge is 2.33. The molecule has 0 radical (unpaired) electrons. The summed E-state index contributed by atoms with van der Waals surface area (Å²) in [5.41, 5.74) is 2.37. The molecule has 100 valence electrons. The number of hydrogen-bond acceptors (Lipinski definition) is 1. The van der Waals surface area contributed by atoms with Crippen molar-refractivity contribution in [1.82, 2.24) is 9.55 Å². The van der Waals surface area contributed by atoms with Gasteiger partial charge in [0.25, 0.3) is 0 Å². The number of aromatic nitrogens is 2. The summed E-state index contributed by atoms with van der Waals surface area (Å²) in [6.07, 6.45) is 6.76. The van der Waals surface area contributed by atoms with Gasteiger partial charge in [0.15, 0.2) is 0 Å². The van der Waals surface area contributed by atoms with Gasteiger partial charge in [-0.25, -0.2) is 4.98 Å². The van der Waals surface area contributed by atoms with Gasteiger partial charge >= 0.3 is 0 Å². The van der Waals surface area contributed by atoms with E-state index >= 15 is 0 Å². The molecule has 0 unspecified atom stereocenters. The van der Waals surface area contributed by atoms with E-state index in [4.69, 9.17) is 0 Å². The van der Waals surface area contributed by atoms with Crippen molar-refractivity contribution in [3.05, 3.63) is 90.5 Å². The van der Waals surface area contributed by atoms with Crippen molar-refractivity contribution in [2.45, 2.75) is 18.9 Å². The lowest BCUT2D eigenvalue weighted by Crippen LogP contribution is -2.34. The maximum absolute atomic E-state index is 4.25. The van der Waals surface area contributed by atoms with Crippen LogP contribution in [0.3, 0.4) is 0 Å². The predicted octanol–water partition coefficient (Wildman–Crippen LogP) is 4.09. The Morgan fingerprint density at radius 3 is 1.85 bits per heavy atom. The van der Waals surface area contributed by atoms with Gasteiger partial charge in [-0.15, -0.1) is 0 Å². The number of benzene rings is 2. The summed E-state index contributed by atoms with van der Waals surface area (Å²) in [5.74, 6) is 0. The van der Waals surface area contributed by atoms with Gasteiger partial charge in [0.1, 0.15) is 0 Å². The number of hydrogen-bond donors (Lipinski definition) is 0. The molecule has 0 atom stereocenters. The summed E-state index contributed by atoms with van der Waals surface area (Å²) in [6.45, 7) is 2.22. The van der Waals surface area contributed by atoms with Gasteiger partial charge in [-0.2, -0.15) is 0 Å². The first-order valence-electron chi connectivity index (χ1n) is 6.97. The van der Waals surface area contributed by atoms with Gasteiger partial charge in [0.05, 0.1) is 11.9 Å². The summed E-state index contributed by atoms with van der Waals surface area (Å²) in [4.78, 5) is 4.25. The number of imidazole rings is 1. The van der Waals surface area contributed by atoms with Gasteiger partial charge in [0.2, 0.25) is 0 Å². The van der Waals surface area contributed by atoms with Crippen LogP contribution in [0, 0.1) is 0 Å². The van der Waals surface area contributed by atoms with E-state index in [-0.39, 0.29) is 5.54 Å². The molecule has 2 aromatic carbocycles. The zero-order valence-electron chi connectivity index (χ0n) is 11.6. The van der Waals surface area contributed by atoms with Gasteiger partial charge in [-0.3, -0.25) is 0 Å². The van der Waals surface area contributed by atoms with Crippen molar-refractivity contribution in [1.29, 1.82) is 0 Å². The molecule has 0 aliphatic heterocycles. The number of nitrogens with zero attached hydrogens (tertiary/aromatic N) is 2. The Labute approximate surface area is 119 Å². The third-order valence-electron chi connectivity index (χ3n) is 3.96. The summed E-state index contributed by atoms with van der Waals surface area (Å²) < 4.78 is 2.21. The van der Waals surface area contributed by atoms with E-state index < -0.39 is 0 Å². The smallest absolute Gasteiger partial charge is 0.0956 e. The van der Waals surface area contributed by atoms with Crippen molar-refractivity contribution in [2.75, 3.05) is 0 Å². The highest BCUT2D eigenvalue weighted by molar-refractivity contribution is 5.39. The van der Waals surface area contributed by atoms with Crippen LogP contribution in [0.5, 0.6) is 0 Å². The largest absolute Gasteiger partial charge is 0.323 e. The van der Waals surface area contributed by atoms with Gasteiger partial charge in [-0.05, 0) is 17.5 Å². The van der Waals surface area contributed by atoms with Gasteiger partial charge < -0.3 is 4.57 Å². The molecule has 0 saturated carbocycles. The van der Waals surface area contributed by atoms with Crippen LogP contribution in [0.4, 0.5) is 0 Å². The average Bonchev–Trinajstić information content (AvgIpc) is 3.06. The first-order valence-corrected chi connectivity index (χ1v) is 6.97. The van der Waals surface area contributed by atoms with Crippen molar-refractivity contribution in [2.24, 2.45) is 0 Å². The minimum absolute atomic E-state index is 0.195. The number of rotatable bonds is 4. The lowest BCUT2D eigenvalue weighted by atomic mass is 9.80. The Balaban J connectivity index is 2.27. The van der Waals surface area contributed by atoms with Crippen LogP contribution in [0.15, 0.2) is 79.4 Å². The third-order valence-corrected chi connectivity index (χ3v) is 3.96. The molecule has 2 nitrogen and oxygen atoms in total. The van der Waals surface area contributed by atoms with Crippen LogP contribution in [0.2, 0.25) is 0 Å². The van der Waals surface area contributed by atoms with E-state index in [1.165, 1.54) is 11.1 Å². The standard InChI is InChI=1S/C18H18N2/c1-2-18(20-14-13-19-15-20,16-9-5-3-6-10-16)17-11-7-4-8-12-17/h3-15H,2H2,1H3.